The fourth-order valence-electron chi connectivity index (χ4n) is 2.14. The lowest BCUT2D eigenvalue weighted by Gasteiger charge is -2.19. The van der Waals surface area contributed by atoms with Crippen molar-refractivity contribution < 1.29 is 9.59 Å². The lowest BCUT2D eigenvalue weighted by atomic mass is 9.87. The van der Waals surface area contributed by atoms with Gasteiger partial charge in [0, 0.05) is 16.8 Å². The first-order valence-electron chi connectivity index (χ1n) is 7.42. The summed E-state index contributed by atoms with van der Waals surface area (Å²) >= 11 is 3.14. The molecule has 2 aromatic rings. The molecule has 2 rings (SSSR count). The molecule has 0 spiro atoms. The SMILES string of the molecule is CC(C)(C)c1ccc(C(=O)Nc2ccc(C(=O)CBr)cc2)cc1. The van der Waals surface area contributed by atoms with Crippen molar-refractivity contribution in [3.8, 4) is 0 Å². The molecular weight excluding hydrogens is 354 g/mol. The second-order valence-electron chi connectivity index (χ2n) is 6.42. The van der Waals surface area contributed by atoms with Crippen molar-refractivity contribution in [2.24, 2.45) is 0 Å². The van der Waals surface area contributed by atoms with E-state index in [-0.39, 0.29) is 17.1 Å². The highest BCUT2D eigenvalue weighted by atomic mass is 79.9. The maximum atomic E-state index is 12.3. The molecule has 1 amide bonds. The number of carbonyl (C=O) groups excluding carboxylic acids is 2. The maximum absolute atomic E-state index is 12.3. The van der Waals surface area contributed by atoms with Crippen LogP contribution in [0.5, 0.6) is 0 Å². The van der Waals surface area contributed by atoms with Gasteiger partial charge >= 0.3 is 0 Å². The number of Topliss-reactive ketones (excluding diaryl/α,β-unsaturated/α-hetero) is 1. The second-order valence-corrected chi connectivity index (χ2v) is 6.98. The van der Waals surface area contributed by atoms with Gasteiger partial charge in [-0.1, -0.05) is 48.8 Å². The van der Waals surface area contributed by atoms with Gasteiger partial charge < -0.3 is 5.32 Å². The van der Waals surface area contributed by atoms with Crippen LogP contribution in [0.2, 0.25) is 0 Å². The lowest BCUT2D eigenvalue weighted by molar-refractivity contribution is 0.101. The summed E-state index contributed by atoms with van der Waals surface area (Å²) in [6.07, 6.45) is 0. The molecule has 0 saturated carbocycles. The number of benzene rings is 2. The van der Waals surface area contributed by atoms with Crippen LogP contribution >= 0.6 is 15.9 Å². The number of hydrogen-bond acceptors (Lipinski definition) is 2. The minimum Gasteiger partial charge on any atom is -0.322 e. The highest BCUT2D eigenvalue weighted by Gasteiger charge is 2.14. The number of anilines is 1. The molecule has 0 saturated heterocycles. The third-order valence-electron chi connectivity index (χ3n) is 3.60. The Morgan fingerprint density at radius 1 is 0.913 bits per heavy atom. The Morgan fingerprint density at radius 3 is 1.91 bits per heavy atom. The summed E-state index contributed by atoms with van der Waals surface area (Å²) in [5, 5.41) is 3.13. The number of amides is 1. The van der Waals surface area contributed by atoms with Crippen LogP contribution in [0.1, 0.15) is 47.1 Å². The molecule has 0 bridgehead atoms. The highest BCUT2D eigenvalue weighted by Crippen LogP contribution is 2.22. The first-order chi connectivity index (χ1) is 10.8. The third kappa shape index (κ3) is 4.52. The van der Waals surface area contributed by atoms with Gasteiger partial charge in [0.25, 0.3) is 5.91 Å². The van der Waals surface area contributed by atoms with Crippen LogP contribution in [0.15, 0.2) is 48.5 Å². The summed E-state index contributed by atoms with van der Waals surface area (Å²) in [7, 11) is 0. The van der Waals surface area contributed by atoms with Crippen molar-refractivity contribution in [3.63, 3.8) is 0 Å². The first kappa shape index (κ1) is 17.4. The zero-order valence-corrected chi connectivity index (χ0v) is 15.1. The third-order valence-corrected chi connectivity index (χ3v) is 4.11. The predicted octanol–water partition coefficient (Wildman–Crippen LogP) is 4.81. The van der Waals surface area contributed by atoms with Gasteiger partial charge in [0.15, 0.2) is 5.78 Å². The molecule has 120 valence electrons. The van der Waals surface area contributed by atoms with Crippen LogP contribution < -0.4 is 5.32 Å². The second kappa shape index (κ2) is 7.09. The molecule has 0 aliphatic heterocycles. The molecule has 2 aromatic carbocycles. The van der Waals surface area contributed by atoms with Crippen LogP contribution in [0, 0.1) is 0 Å². The Balaban J connectivity index is 2.08. The molecule has 0 unspecified atom stereocenters. The quantitative estimate of drug-likeness (QED) is 0.616. The number of halogens is 1. The average molecular weight is 374 g/mol. The van der Waals surface area contributed by atoms with E-state index in [4.69, 9.17) is 0 Å². The van der Waals surface area contributed by atoms with Crippen molar-refractivity contribution in [1.29, 1.82) is 0 Å². The summed E-state index contributed by atoms with van der Waals surface area (Å²) in [4.78, 5) is 23.8. The lowest BCUT2D eigenvalue weighted by Crippen LogP contribution is -2.14. The van der Waals surface area contributed by atoms with E-state index in [1.165, 1.54) is 5.56 Å². The monoisotopic (exact) mass is 373 g/mol. The van der Waals surface area contributed by atoms with E-state index in [0.717, 1.165) is 0 Å². The molecule has 0 fully saturated rings. The van der Waals surface area contributed by atoms with E-state index in [1.807, 2.05) is 24.3 Å². The molecule has 0 aromatic heterocycles. The Bertz CT molecular complexity index is 698. The van der Waals surface area contributed by atoms with E-state index < -0.39 is 0 Å². The molecule has 4 heteroatoms. The van der Waals surface area contributed by atoms with Crippen molar-refractivity contribution in [2.45, 2.75) is 26.2 Å². The first-order valence-corrected chi connectivity index (χ1v) is 8.54. The molecule has 0 atom stereocenters. The van der Waals surface area contributed by atoms with E-state index in [9.17, 15) is 9.59 Å². The zero-order valence-electron chi connectivity index (χ0n) is 13.5. The summed E-state index contributed by atoms with van der Waals surface area (Å²) in [6, 6.07) is 14.5. The van der Waals surface area contributed by atoms with Gasteiger partial charge in [-0.25, -0.2) is 0 Å². The van der Waals surface area contributed by atoms with Crippen molar-refractivity contribution in [3.05, 3.63) is 65.2 Å². The summed E-state index contributed by atoms with van der Waals surface area (Å²) in [5.74, 6) is -0.148. The largest absolute Gasteiger partial charge is 0.322 e. The Kier molecular flexibility index (Phi) is 5.37. The van der Waals surface area contributed by atoms with Gasteiger partial charge in [0.1, 0.15) is 0 Å². The number of nitrogens with one attached hydrogen (secondary N) is 1. The molecule has 0 heterocycles. The van der Waals surface area contributed by atoms with Crippen LogP contribution in [0.4, 0.5) is 5.69 Å². The van der Waals surface area contributed by atoms with E-state index in [1.54, 1.807) is 24.3 Å². The van der Waals surface area contributed by atoms with E-state index in [0.29, 0.717) is 22.1 Å². The van der Waals surface area contributed by atoms with Crippen molar-refractivity contribution in [2.75, 3.05) is 10.6 Å². The van der Waals surface area contributed by atoms with Crippen molar-refractivity contribution in [1.82, 2.24) is 0 Å². The minimum absolute atomic E-state index is 0.0145. The number of ketones is 1. The van der Waals surface area contributed by atoms with Gasteiger partial charge in [-0.15, -0.1) is 0 Å². The van der Waals surface area contributed by atoms with Gasteiger partial charge in [-0.3, -0.25) is 9.59 Å². The standard InChI is InChI=1S/C19H20BrNO2/c1-19(2,3)15-8-4-14(5-9-15)18(23)21-16-10-6-13(7-11-16)17(22)12-20/h4-11H,12H2,1-3H3,(H,21,23). The Morgan fingerprint density at radius 2 is 1.43 bits per heavy atom. The molecule has 0 aliphatic rings. The fourth-order valence-corrected chi connectivity index (χ4v) is 2.47. The number of hydrogen-bond donors (Lipinski definition) is 1. The topological polar surface area (TPSA) is 46.2 Å². The molecule has 0 radical (unpaired) electrons. The zero-order chi connectivity index (χ0) is 17.0. The number of carbonyl (C=O) groups is 2. The number of rotatable bonds is 4. The van der Waals surface area contributed by atoms with E-state index in [2.05, 4.69) is 42.0 Å². The molecule has 23 heavy (non-hydrogen) atoms. The Hall–Kier alpha value is -1.94. The summed E-state index contributed by atoms with van der Waals surface area (Å²) in [6.45, 7) is 6.41. The molecular formula is C19H20BrNO2. The van der Waals surface area contributed by atoms with Crippen LogP contribution in [-0.4, -0.2) is 17.0 Å². The van der Waals surface area contributed by atoms with Gasteiger partial charge in [-0.2, -0.15) is 0 Å². The summed E-state index contributed by atoms with van der Waals surface area (Å²) < 4.78 is 0. The normalized spacial score (nSPS) is 11.1. The average Bonchev–Trinajstić information content (AvgIpc) is 2.54. The fraction of sp³-hybridized carbons (Fsp3) is 0.263. The molecule has 1 N–H and O–H groups in total. The van der Waals surface area contributed by atoms with Gasteiger partial charge in [0.05, 0.1) is 5.33 Å². The van der Waals surface area contributed by atoms with Crippen LogP contribution in [0.25, 0.3) is 0 Å². The summed E-state index contributed by atoms with van der Waals surface area (Å²) in [5.41, 5.74) is 3.15. The van der Waals surface area contributed by atoms with Crippen LogP contribution in [0.3, 0.4) is 0 Å². The van der Waals surface area contributed by atoms with Crippen LogP contribution in [-0.2, 0) is 5.41 Å². The molecule has 0 aliphatic carbocycles. The Labute approximate surface area is 145 Å². The molecule has 3 nitrogen and oxygen atoms in total. The minimum atomic E-state index is -0.162. The smallest absolute Gasteiger partial charge is 0.255 e. The van der Waals surface area contributed by atoms with Gasteiger partial charge in [0.2, 0.25) is 0 Å². The highest BCUT2D eigenvalue weighted by molar-refractivity contribution is 9.09. The predicted molar refractivity (Wildman–Crippen MR) is 97.7 cm³/mol. The van der Waals surface area contributed by atoms with Gasteiger partial charge in [-0.05, 0) is 47.4 Å². The van der Waals surface area contributed by atoms with E-state index >= 15 is 0 Å². The number of alkyl halides is 1. The van der Waals surface area contributed by atoms with Crippen molar-refractivity contribution >= 4 is 33.3 Å². The maximum Gasteiger partial charge on any atom is 0.255 e.